The highest BCUT2D eigenvalue weighted by Gasteiger charge is 2.24. The largest absolute Gasteiger partial charge is 0.336 e. The molecule has 1 atom stereocenters. The normalized spacial score (nSPS) is 18.6. The van der Waals surface area contributed by atoms with Crippen LogP contribution in [-0.4, -0.2) is 46.0 Å². The highest BCUT2D eigenvalue weighted by atomic mass is 16.2. The number of aromatic amines is 1. The summed E-state index contributed by atoms with van der Waals surface area (Å²) < 4.78 is 0.972. The highest BCUT2D eigenvalue weighted by Crippen LogP contribution is 2.05. The predicted molar refractivity (Wildman–Crippen MR) is 82.9 cm³/mol. The number of carbonyl (C=O) groups excluding carboxylic acids is 1. The summed E-state index contributed by atoms with van der Waals surface area (Å²) in [5.41, 5.74) is -0.507. The Kier molecular flexibility index (Phi) is 3.81. The van der Waals surface area contributed by atoms with Gasteiger partial charge in [-0.3, -0.25) is 14.2 Å². The van der Waals surface area contributed by atoms with Crippen LogP contribution < -0.4 is 16.6 Å². The van der Waals surface area contributed by atoms with Crippen molar-refractivity contribution in [1.82, 2.24) is 19.8 Å². The summed E-state index contributed by atoms with van der Waals surface area (Å²) in [6.07, 6.45) is 0. The molecular formula is C15H18N4O3. The second-order valence-corrected chi connectivity index (χ2v) is 5.51. The predicted octanol–water partition coefficient (Wildman–Crippen LogP) is -0.490. The van der Waals surface area contributed by atoms with Crippen molar-refractivity contribution in [3.63, 3.8) is 0 Å². The fourth-order valence-electron chi connectivity index (χ4n) is 2.78. The van der Waals surface area contributed by atoms with Gasteiger partial charge in [-0.2, -0.15) is 0 Å². The second-order valence-electron chi connectivity index (χ2n) is 5.51. The van der Waals surface area contributed by atoms with Crippen LogP contribution in [0.2, 0.25) is 0 Å². The molecular weight excluding hydrogens is 284 g/mol. The number of aromatic nitrogens is 2. The van der Waals surface area contributed by atoms with E-state index in [4.69, 9.17) is 0 Å². The van der Waals surface area contributed by atoms with Crippen molar-refractivity contribution in [2.75, 3.05) is 19.6 Å². The maximum absolute atomic E-state index is 12.4. The van der Waals surface area contributed by atoms with Gasteiger partial charge in [-0.05, 0) is 19.1 Å². The van der Waals surface area contributed by atoms with Crippen molar-refractivity contribution < 1.29 is 4.79 Å². The molecule has 2 aromatic rings. The number of H-pyrrole nitrogens is 1. The van der Waals surface area contributed by atoms with Crippen molar-refractivity contribution in [2.45, 2.75) is 19.5 Å². The molecule has 1 aromatic heterocycles. The maximum atomic E-state index is 12.4. The summed E-state index contributed by atoms with van der Waals surface area (Å²) >= 11 is 0. The third kappa shape index (κ3) is 2.55. The van der Waals surface area contributed by atoms with E-state index in [2.05, 4.69) is 10.3 Å². The molecule has 1 saturated heterocycles. The minimum absolute atomic E-state index is 0.0523. The topological polar surface area (TPSA) is 87.2 Å². The Bertz CT molecular complexity index is 823. The van der Waals surface area contributed by atoms with Gasteiger partial charge in [0.1, 0.15) is 6.54 Å². The molecule has 2 N–H and O–H groups in total. The monoisotopic (exact) mass is 302 g/mol. The van der Waals surface area contributed by atoms with E-state index < -0.39 is 11.2 Å². The van der Waals surface area contributed by atoms with Crippen molar-refractivity contribution in [1.29, 1.82) is 0 Å². The average Bonchev–Trinajstić information content (AvgIpc) is 2.51. The van der Waals surface area contributed by atoms with Gasteiger partial charge in [0.25, 0.3) is 5.56 Å². The summed E-state index contributed by atoms with van der Waals surface area (Å²) in [4.78, 5) is 41.2. The molecule has 0 radical (unpaired) electrons. The highest BCUT2D eigenvalue weighted by molar-refractivity contribution is 5.79. The van der Waals surface area contributed by atoms with Gasteiger partial charge in [-0.1, -0.05) is 12.1 Å². The molecule has 22 heavy (non-hydrogen) atoms. The lowest BCUT2D eigenvalue weighted by Gasteiger charge is -2.34. The Morgan fingerprint density at radius 2 is 2.09 bits per heavy atom. The number of benzene rings is 1. The number of fused-ring (bicyclic) bond motifs is 1. The number of amides is 1. The fraction of sp³-hybridized carbons (Fsp3) is 0.400. The first-order valence-corrected chi connectivity index (χ1v) is 7.30. The van der Waals surface area contributed by atoms with E-state index in [1.54, 1.807) is 29.2 Å². The summed E-state index contributed by atoms with van der Waals surface area (Å²) in [7, 11) is 0. The SMILES string of the molecule is CC1CNCCN1C(=O)Cn1c(=O)[nH]c2ccccc2c1=O. The molecule has 1 aliphatic heterocycles. The molecule has 0 saturated carbocycles. The van der Waals surface area contributed by atoms with Crippen molar-refractivity contribution in [3.8, 4) is 0 Å². The van der Waals surface area contributed by atoms with E-state index in [1.165, 1.54) is 0 Å². The molecule has 1 fully saturated rings. The van der Waals surface area contributed by atoms with Gasteiger partial charge in [-0.25, -0.2) is 4.79 Å². The Balaban J connectivity index is 1.95. The first kappa shape index (κ1) is 14.5. The zero-order valence-corrected chi connectivity index (χ0v) is 12.3. The fourth-order valence-corrected chi connectivity index (χ4v) is 2.78. The van der Waals surface area contributed by atoms with E-state index in [1.807, 2.05) is 6.92 Å². The van der Waals surface area contributed by atoms with E-state index in [0.29, 0.717) is 24.0 Å². The number of para-hydroxylation sites is 1. The van der Waals surface area contributed by atoms with Gasteiger partial charge in [0.15, 0.2) is 0 Å². The molecule has 0 bridgehead atoms. The lowest BCUT2D eigenvalue weighted by atomic mass is 10.2. The molecule has 0 aliphatic carbocycles. The Labute approximate surface area is 126 Å². The van der Waals surface area contributed by atoms with Gasteiger partial charge in [-0.15, -0.1) is 0 Å². The Morgan fingerprint density at radius 3 is 2.86 bits per heavy atom. The van der Waals surface area contributed by atoms with Crippen LogP contribution in [0.3, 0.4) is 0 Å². The number of piperazine rings is 1. The molecule has 1 aromatic carbocycles. The third-order valence-electron chi connectivity index (χ3n) is 4.00. The minimum Gasteiger partial charge on any atom is -0.336 e. The smallest absolute Gasteiger partial charge is 0.329 e. The lowest BCUT2D eigenvalue weighted by Crippen LogP contribution is -2.54. The van der Waals surface area contributed by atoms with Crippen LogP contribution in [0.15, 0.2) is 33.9 Å². The van der Waals surface area contributed by atoms with Gasteiger partial charge in [0.05, 0.1) is 10.9 Å². The number of carbonyl (C=O) groups is 1. The van der Waals surface area contributed by atoms with E-state index in [9.17, 15) is 14.4 Å². The Hall–Kier alpha value is -2.41. The first-order valence-electron chi connectivity index (χ1n) is 7.30. The molecule has 2 heterocycles. The van der Waals surface area contributed by atoms with Crippen LogP contribution in [0.25, 0.3) is 10.9 Å². The van der Waals surface area contributed by atoms with Crippen molar-refractivity contribution in [2.24, 2.45) is 0 Å². The molecule has 1 aliphatic rings. The number of rotatable bonds is 2. The lowest BCUT2D eigenvalue weighted by molar-refractivity contribution is -0.134. The molecule has 1 unspecified atom stereocenters. The summed E-state index contributed by atoms with van der Waals surface area (Å²) in [5.74, 6) is -0.211. The third-order valence-corrected chi connectivity index (χ3v) is 4.00. The zero-order chi connectivity index (χ0) is 15.7. The summed E-state index contributed by atoms with van der Waals surface area (Å²) in [6.45, 7) is 3.73. The van der Waals surface area contributed by atoms with Crippen LogP contribution in [0.4, 0.5) is 0 Å². The van der Waals surface area contributed by atoms with Crippen LogP contribution in [0.5, 0.6) is 0 Å². The summed E-state index contributed by atoms with van der Waals surface area (Å²) in [5, 5.41) is 3.61. The van der Waals surface area contributed by atoms with Crippen molar-refractivity contribution in [3.05, 3.63) is 45.1 Å². The van der Waals surface area contributed by atoms with E-state index in [0.717, 1.165) is 11.1 Å². The van der Waals surface area contributed by atoms with Gasteiger partial charge >= 0.3 is 5.69 Å². The quantitative estimate of drug-likeness (QED) is 0.784. The van der Waals surface area contributed by atoms with Gasteiger partial charge in [0.2, 0.25) is 5.91 Å². The van der Waals surface area contributed by atoms with Crippen LogP contribution >= 0.6 is 0 Å². The first-order chi connectivity index (χ1) is 10.6. The summed E-state index contributed by atoms with van der Waals surface area (Å²) in [6, 6.07) is 6.84. The van der Waals surface area contributed by atoms with Crippen molar-refractivity contribution >= 4 is 16.8 Å². The van der Waals surface area contributed by atoms with Crippen LogP contribution in [0, 0.1) is 0 Å². The molecule has 0 spiro atoms. The zero-order valence-electron chi connectivity index (χ0n) is 12.3. The number of hydrogen-bond donors (Lipinski definition) is 2. The molecule has 7 heteroatoms. The van der Waals surface area contributed by atoms with E-state index in [-0.39, 0.29) is 18.5 Å². The Morgan fingerprint density at radius 1 is 1.32 bits per heavy atom. The molecule has 3 rings (SSSR count). The number of nitrogens with zero attached hydrogens (tertiary/aromatic N) is 2. The number of hydrogen-bond acceptors (Lipinski definition) is 4. The second kappa shape index (κ2) is 5.76. The molecule has 1 amide bonds. The van der Waals surface area contributed by atoms with Gasteiger partial charge < -0.3 is 15.2 Å². The molecule has 7 nitrogen and oxygen atoms in total. The standard InChI is InChI=1S/C15H18N4O3/c1-10-8-16-6-7-18(10)13(20)9-19-14(21)11-4-2-3-5-12(11)17-15(19)22/h2-5,10,16H,6-9H2,1H3,(H,17,22). The van der Waals surface area contributed by atoms with Gasteiger partial charge in [0, 0.05) is 25.7 Å². The number of nitrogens with one attached hydrogen (secondary N) is 2. The van der Waals surface area contributed by atoms with Crippen LogP contribution in [-0.2, 0) is 11.3 Å². The van der Waals surface area contributed by atoms with E-state index >= 15 is 0 Å². The maximum Gasteiger partial charge on any atom is 0.329 e. The average molecular weight is 302 g/mol. The minimum atomic E-state index is -0.556. The van der Waals surface area contributed by atoms with Crippen LogP contribution in [0.1, 0.15) is 6.92 Å². The molecule has 116 valence electrons.